The molecular formula is C23H29ClN2O6S. The van der Waals surface area contributed by atoms with Crippen molar-refractivity contribution in [1.29, 1.82) is 0 Å². The van der Waals surface area contributed by atoms with Crippen LogP contribution in [0.4, 0.5) is 0 Å². The summed E-state index contributed by atoms with van der Waals surface area (Å²) in [6.07, 6.45) is 1.09. The second kappa shape index (κ2) is 10.2. The van der Waals surface area contributed by atoms with Crippen molar-refractivity contribution < 1.29 is 27.5 Å². The Bertz CT molecular complexity index is 1160. The molecule has 0 aliphatic carbocycles. The third kappa shape index (κ3) is 5.52. The highest BCUT2D eigenvalue weighted by Gasteiger charge is 2.34. The van der Waals surface area contributed by atoms with Gasteiger partial charge in [0.1, 0.15) is 5.75 Å². The van der Waals surface area contributed by atoms with Crippen LogP contribution < -0.4 is 4.74 Å². The quantitative estimate of drug-likeness (QED) is 0.520. The van der Waals surface area contributed by atoms with E-state index in [1.54, 1.807) is 38.3 Å². The normalized spacial score (nSPS) is 17.1. The Morgan fingerprint density at radius 1 is 1.24 bits per heavy atom. The van der Waals surface area contributed by atoms with E-state index < -0.39 is 28.3 Å². The van der Waals surface area contributed by atoms with Crippen LogP contribution in [0.15, 0.2) is 24.3 Å². The molecule has 1 aliphatic rings. The summed E-state index contributed by atoms with van der Waals surface area (Å²) in [5.41, 5.74) is 2.41. The monoisotopic (exact) mass is 496 g/mol. The van der Waals surface area contributed by atoms with Gasteiger partial charge in [0.05, 0.1) is 29.9 Å². The second-order valence-corrected chi connectivity index (χ2v) is 10.8. The number of benzene rings is 1. The number of hydrogen-bond acceptors (Lipinski definition) is 6. The first-order chi connectivity index (χ1) is 15.6. The predicted octanol–water partition coefficient (Wildman–Crippen LogP) is 3.34. The molecule has 1 atom stereocenters. The minimum Gasteiger partial charge on any atom is -0.495 e. The van der Waals surface area contributed by atoms with Crippen molar-refractivity contribution in [2.75, 3.05) is 31.8 Å². The molecule has 0 saturated carbocycles. The fourth-order valence-electron chi connectivity index (χ4n) is 4.24. The van der Waals surface area contributed by atoms with Gasteiger partial charge in [0.25, 0.3) is 5.91 Å². The molecule has 33 heavy (non-hydrogen) atoms. The zero-order valence-corrected chi connectivity index (χ0v) is 20.8. The number of carbonyl (C=O) groups is 2. The number of aryl methyl sites for hydroxylation is 1. The number of carbonyl (C=O) groups excluding carboxylic acids is 2. The minimum atomic E-state index is -3.13. The number of rotatable bonds is 8. The highest BCUT2D eigenvalue weighted by Crippen LogP contribution is 2.31. The number of methoxy groups -OCH3 is 1. The Kier molecular flexibility index (Phi) is 7.74. The SMILES string of the molecule is CCCN(C(=O)COC(=O)c1cc(C)n(-c2cc(Cl)ccc2OC)c1C)[C@H]1CCS(=O)(=O)C1. The van der Waals surface area contributed by atoms with Crippen LogP contribution in [0, 0.1) is 13.8 Å². The molecule has 0 N–H and O–H groups in total. The van der Waals surface area contributed by atoms with Crippen LogP contribution in [0.1, 0.15) is 41.5 Å². The highest BCUT2D eigenvalue weighted by atomic mass is 35.5. The predicted molar refractivity (Wildman–Crippen MR) is 126 cm³/mol. The number of nitrogens with zero attached hydrogens (tertiary/aromatic N) is 2. The topological polar surface area (TPSA) is 94.9 Å². The standard InChI is InChI=1S/C23H29ClN2O6S/c1-5-9-25(18-8-10-33(29,30)14-18)22(27)13-32-23(28)19-11-15(2)26(16(19)3)20-12-17(24)6-7-21(20)31-4/h6-7,11-12,18H,5,8-10,13-14H2,1-4H3/t18-/m0/s1. The molecule has 2 aromatic rings. The van der Waals surface area contributed by atoms with Gasteiger partial charge in [-0.25, -0.2) is 13.2 Å². The summed E-state index contributed by atoms with van der Waals surface area (Å²) in [6.45, 7) is 5.51. The van der Waals surface area contributed by atoms with E-state index in [1.165, 1.54) is 4.90 Å². The third-order valence-electron chi connectivity index (χ3n) is 5.79. The number of sulfone groups is 1. The Balaban J connectivity index is 1.77. The van der Waals surface area contributed by atoms with Crippen LogP contribution in [-0.4, -0.2) is 67.6 Å². The maximum atomic E-state index is 12.8. The van der Waals surface area contributed by atoms with E-state index >= 15 is 0 Å². The molecule has 0 unspecified atom stereocenters. The Labute approximate surface area is 199 Å². The van der Waals surface area contributed by atoms with Gasteiger partial charge in [-0.3, -0.25) is 4.79 Å². The molecule has 0 spiro atoms. The summed E-state index contributed by atoms with van der Waals surface area (Å²) in [5, 5.41) is 0.526. The molecule has 1 amide bonds. The van der Waals surface area contributed by atoms with Crippen LogP contribution in [-0.2, 0) is 19.4 Å². The summed E-state index contributed by atoms with van der Waals surface area (Å²) < 4.78 is 36.3. The van der Waals surface area contributed by atoms with Crippen LogP contribution in [0.3, 0.4) is 0 Å². The largest absolute Gasteiger partial charge is 0.495 e. The van der Waals surface area contributed by atoms with Crippen molar-refractivity contribution in [1.82, 2.24) is 9.47 Å². The molecule has 1 fully saturated rings. The number of amides is 1. The van der Waals surface area contributed by atoms with E-state index in [1.807, 2.05) is 18.4 Å². The van der Waals surface area contributed by atoms with Crippen molar-refractivity contribution in [2.45, 2.75) is 39.7 Å². The zero-order valence-electron chi connectivity index (χ0n) is 19.3. The molecule has 1 saturated heterocycles. The van der Waals surface area contributed by atoms with Gasteiger partial charge in [-0.2, -0.15) is 0 Å². The Morgan fingerprint density at radius 2 is 1.97 bits per heavy atom. The lowest BCUT2D eigenvalue weighted by Gasteiger charge is -2.27. The molecule has 2 heterocycles. The van der Waals surface area contributed by atoms with Gasteiger partial charge in [0.2, 0.25) is 0 Å². The van der Waals surface area contributed by atoms with Crippen molar-refractivity contribution in [3.05, 3.63) is 46.2 Å². The van der Waals surface area contributed by atoms with Crippen molar-refractivity contribution in [3.8, 4) is 11.4 Å². The molecule has 1 aromatic heterocycles. The van der Waals surface area contributed by atoms with Crippen molar-refractivity contribution >= 4 is 33.3 Å². The minimum absolute atomic E-state index is 0.0463. The van der Waals surface area contributed by atoms with Crippen LogP contribution >= 0.6 is 11.6 Å². The fraction of sp³-hybridized carbons (Fsp3) is 0.478. The lowest BCUT2D eigenvalue weighted by Crippen LogP contribution is -2.43. The molecule has 0 radical (unpaired) electrons. The van der Waals surface area contributed by atoms with Crippen LogP contribution in [0.5, 0.6) is 5.75 Å². The first kappa shape index (κ1) is 25.1. The summed E-state index contributed by atoms with van der Waals surface area (Å²) in [4.78, 5) is 27.1. The summed E-state index contributed by atoms with van der Waals surface area (Å²) >= 11 is 6.17. The van der Waals surface area contributed by atoms with Gasteiger partial charge >= 0.3 is 5.97 Å². The first-order valence-corrected chi connectivity index (χ1v) is 13.0. The second-order valence-electron chi connectivity index (χ2n) is 8.16. The van der Waals surface area contributed by atoms with Gasteiger partial charge < -0.3 is 18.9 Å². The molecule has 10 heteroatoms. The maximum Gasteiger partial charge on any atom is 0.340 e. The van der Waals surface area contributed by atoms with E-state index in [-0.39, 0.29) is 17.5 Å². The third-order valence-corrected chi connectivity index (χ3v) is 7.78. The van der Waals surface area contributed by atoms with Gasteiger partial charge in [-0.1, -0.05) is 18.5 Å². The van der Waals surface area contributed by atoms with Crippen LogP contribution in [0.2, 0.25) is 5.02 Å². The smallest absolute Gasteiger partial charge is 0.340 e. The van der Waals surface area contributed by atoms with Gasteiger partial charge in [-0.05, 0) is 51.0 Å². The average molecular weight is 497 g/mol. The zero-order chi connectivity index (χ0) is 24.3. The van der Waals surface area contributed by atoms with E-state index in [0.717, 1.165) is 5.69 Å². The average Bonchev–Trinajstić information content (AvgIpc) is 3.27. The van der Waals surface area contributed by atoms with E-state index in [0.29, 0.717) is 47.1 Å². The van der Waals surface area contributed by atoms with E-state index in [4.69, 9.17) is 21.1 Å². The number of ether oxygens (including phenoxy) is 2. The van der Waals surface area contributed by atoms with Gasteiger partial charge in [0.15, 0.2) is 16.4 Å². The molecule has 8 nitrogen and oxygen atoms in total. The summed E-state index contributed by atoms with van der Waals surface area (Å²) in [7, 11) is -1.58. The number of hydrogen-bond donors (Lipinski definition) is 0. The van der Waals surface area contributed by atoms with E-state index in [9.17, 15) is 18.0 Å². The summed E-state index contributed by atoms with van der Waals surface area (Å²) in [6, 6.07) is 6.53. The molecule has 180 valence electrons. The number of halogens is 1. The molecular weight excluding hydrogens is 468 g/mol. The molecule has 3 rings (SSSR count). The fourth-order valence-corrected chi connectivity index (χ4v) is 6.14. The van der Waals surface area contributed by atoms with Crippen molar-refractivity contribution in [2.24, 2.45) is 0 Å². The van der Waals surface area contributed by atoms with Crippen molar-refractivity contribution in [3.63, 3.8) is 0 Å². The molecule has 1 aliphatic heterocycles. The Hall–Kier alpha value is -2.52. The summed E-state index contributed by atoms with van der Waals surface area (Å²) in [5.74, 6) is -0.394. The van der Waals surface area contributed by atoms with E-state index in [2.05, 4.69) is 0 Å². The first-order valence-electron chi connectivity index (χ1n) is 10.8. The van der Waals surface area contributed by atoms with Gasteiger partial charge in [0, 0.05) is 29.0 Å². The maximum absolute atomic E-state index is 12.8. The number of aromatic nitrogens is 1. The Morgan fingerprint density at radius 3 is 2.58 bits per heavy atom. The lowest BCUT2D eigenvalue weighted by molar-refractivity contribution is -0.136. The molecule has 1 aromatic carbocycles. The number of esters is 1. The molecule has 0 bridgehead atoms. The van der Waals surface area contributed by atoms with Crippen LogP contribution in [0.25, 0.3) is 5.69 Å². The lowest BCUT2D eigenvalue weighted by atomic mass is 10.2. The van der Waals surface area contributed by atoms with Gasteiger partial charge in [-0.15, -0.1) is 0 Å². The highest BCUT2D eigenvalue weighted by molar-refractivity contribution is 7.91.